The Morgan fingerprint density at radius 2 is 1.86 bits per heavy atom. The van der Waals surface area contributed by atoms with E-state index >= 15 is 0 Å². The Morgan fingerprint density at radius 3 is 2.39 bits per heavy atom. The molecule has 1 aromatic rings. The largest absolute Gasteiger partial charge is 0.444 e. The smallest absolute Gasteiger partial charge is 0.408 e. The van der Waals surface area contributed by atoms with Crippen molar-refractivity contribution in [3.05, 3.63) is 34.9 Å². The maximum absolute atomic E-state index is 14.1. The maximum Gasteiger partial charge on any atom is 0.408 e. The number of carbonyl (C=O) groups is 3. The van der Waals surface area contributed by atoms with E-state index in [1.807, 2.05) is 38.3 Å². The molecule has 1 fully saturated rings. The molecule has 7 nitrogen and oxygen atoms in total. The summed E-state index contributed by atoms with van der Waals surface area (Å²) in [6.45, 7) is 14.2. The van der Waals surface area contributed by atoms with Crippen molar-refractivity contribution in [3.8, 4) is 0 Å². The lowest BCUT2D eigenvalue weighted by atomic mass is 9.97. The summed E-state index contributed by atoms with van der Waals surface area (Å²) < 4.78 is 5.46. The third-order valence-corrected chi connectivity index (χ3v) is 7.13. The van der Waals surface area contributed by atoms with Crippen molar-refractivity contribution >= 4 is 29.7 Å². The van der Waals surface area contributed by atoms with E-state index < -0.39 is 23.8 Å². The van der Waals surface area contributed by atoms with Crippen LogP contribution in [0.15, 0.2) is 18.2 Å². The second kappa shape index (κ2) is 13.4. The molecule has 0 radical (unpaired) electrons. The van der Waals surface area contributed by atoms with E-state index in [-0.39, 0.29) is 23.8 Å². The number of carbonyl (C=O) groups excluding carboxylic acids is 3. The zero-order valence-electron chi connectivity index (χ0n) is 23.3. The van der Waals surface area contributed by atoms with Crippen LogP contribution in [0.5, 0.6) is 0 Å². The van der Waals surface area contributed by atoms with Crippen molar-refractivity contribution in [2.24, 2.45) is 5.92 Å². The summed E-state index contributed by atoms with van der Waals surface area (Å²) >= 11 is 1.61. The van der Waals surface area contributed by atoms with Gasteiger partial charge in [-0.15, -0.1) is 0 Å². The third-order valence-electron chi connectivity index (χ3n) is 6.48. The molecule has 2 rings (SSSR count). The van der Waals surface area contributed by atoms with Crippen LogP contribution in [-0.2, 0) is 14.3 Å². The fourth-order valence-corrected chi connectivity index (χ4v) is 4.62. The van der Waals surface area contributed by atoms with Crippen molar-refractivity contribution in [2.45, 2.75) is 97.9 Å². The van der Waals surface area contributed by atoms with Gasteiger partial charge in [0, 0.05) is 12.6 Å². The summed E-state index contributed by atoms with van der Waals surface area (Å²) in [6, 6.07) is 4.35. The molecule has 1 aromatic carbocycles. The van der Waals surface area contributed by atoms with Gasteiger partial charge < -0.3 is 20.3 Å². The molecule has 4 unspecified atom stereocenters. The van der Waals surface area contributed by atoms with Crippen LogP contribution in [0.4, 0.5) is 4.79 Å². The van der Waals surface area contributed by atoms with Crippen molar-refractivity contribution in [3.63, 3.8) is 0 Å². The molecule has 3 amide bonds. The normalized spacial score (nSPS) is 18.7. The molecule has 2 N–H and O–H groups in total. The summed E-state index contributed by atoms with van der Waals surface area (Å²) in [6.07, 6.45) is 4.46. The lowest BCUT2D eigenvalue weighted by Gasteiger charge is -2.35. The molecule has 0 heterocycles. The molecule has 1 aliphatic rings. The first-order chi connectivity index (χ1) is 16.9. The second-order valence-electron chi connectivity index (χ2n) is 10.9. The molecule has 0 saturated heterocycles. The Balaban J connectivity index is 2.46. The third kappa shape index (κ3) is 8.71. The van der Waals surface area contributed by atoms with E-state index in [1.54, 1.807) is 37.4 Å². The summed E-state index contributed by atoms with van der Waals surface area (Å²) in [7, 11) is 0. The van der Waals surface area contributed by atoms with Gasteiger partial charge in [-0.1, -0.05) is 38.5 Å². The SMILES string of the molecule is CCCCNC(=O)C(c1ccc(C)c(C)c1)N(C(=O)C(CCSC)NC(=O)OC(C)(C)C)C1CC1C. The maximum atomic E-state index is 14.1. The van der Waals surface area contributed by atoms with Gasteiger partial charge in [0.05, 0.1) is 0 Å². The van der Waals surface area contributed by atoms with Gasteiger partial charge in [0.2, 0.25) is 11.8 Å². The van der Waals surface area contributed by atoms with Crippen LogP contribution >= 0.6 is 11.8 Å². The number of rotatable bonds is 12. The van der Waals surface area contributed by atoms with Crippen LogP contribution in [0.25, 0.3) is 0 Å². The van der Waals surface area contributed by atoms with Gasteiger partial charge in [0.25, 0.3) is 0 Å². The summed E-state index contributed by atoms with van der Waals surface area (Å²) in [5.74, 6) is 0.560. The molecular formula is C28H45N3O4S. The van der Waals surface area contributed by atoms with Crippen LogP contribution in [0.1, 0.15) is 83.0 Å². The number of nitrogens with one attached hydrogen (secondary N) is 2. The first kappa shape index (κ1) is 30.0. The van der Waals surface area contributed by atoms with Gasteiger partial charge in [0.1, 0.15) is 17.7 Å². The predicted octanol–water partition coefficient (Wildman–Crippen LogP) is 5.14. The van der Waals surface area contributed by atoms with E-state index in [1.165, 1.54) is 0 Å². The van der Waals surface area contributed by atoms with E-state index in [2.05, 4.69) is 24.5 Å². The number of amides is 3. The molecular weight excluding hydrogens is 474 g/mol. The van der Waals surface area contributed by atoms with E-state index in [9.17, 15) is 14.4 Å². The van der Waals surface area contributed by atoms with Crippen LogP contribution in [0, 0.1) is 19.8 Å². The zero-order chi connectivity index (χ0) is 27.0. The predicted molar refractivity (Wildman–Crippen MR) is 147 cm³/mol. The minimum Gasteiger partial charge on any atom is -0.444 e. The summed E-state index contributed by atoms with van der Waals surface area (Å²) in [4.78, 5) is 42.2. The number of aryl methyl sites for hydroxylation is 2. The van der Waals surface area contributed by atoms with Crippen molar-refractivity contribution < 1.29 is 19.1 Å². The quantitative estimate of drug-likeness (QED) is 0.373. The number of alkyl carbamates (subject to hydrolysis) is 1. The lowest BCUT2D eigenvalue weighted by molar-refractivity contribution is -0.143. The second-order valence-corrected chi connectivity index (χ2v) is 11.9. The van der Waals surface area contributed by atoms with E-state index in [0.717, 1.165) is 36.0 Å². The molecule has 1 saturated carbocycles. The lowest BCUT2D eigenvalue weighted by Crippen LogP contribution is -2.54. The van der Waals surface area contributed by atoms with Crippen molar-refractivity contribution in [1.82, 2.24) is 15.5 Å². The highest BCUT2D eigenvalue weighted by Gasteiger charge is 2.48. The van der Waals surface area contributed by atoms with Gasteiger partial charge in [0.15, 0.2) is 0 Å². The fourth-order valence-electron chi connectivity index (χ4n) is 4.15. The Labute approximate surface area is 221 Å². The number of benzene rings is 1. The molecule has 1 aliphatic carbocycles. The van der Waals surface area contributed by atoms with Gasteiger partial charge >= 0.3 is 6.09 Å². The van der Waals surface area contributed by atoms with Crippen LogP contribution in [0.2, 0.25) is 0 Å². The first-order valence-corrected chi connectivity index (χ1v) is 14.4. The number of ether oxygens (including phenoxy) is 1. The zero-order valence-corrected chi connectivity index (χ0v) is 24.1. The summed E-state index contributed by atoms with van der Waals surface area (Å²) in [5, 5.41) is 5.86. The number of unbranched alkanes of at least 4 members (excludes halogenated alkanes) is 1. The van der Waals surface area contributed by atoms with Gasteiger partial charge in [-0.05, 0) is 88.5 Å². The molecule has 8 heteroatoms. The minimum atomic E-state index is -0.780. The molecule has 202 valence electrons. The number of nitrogens with zero attached hydrogens (tertiary/aromatic N) is 1. The van der Waals surface area contributed by atoms with Crippen LogP contribution < -0.4 is 10.6 Å². The number of hydrogen-bond donors (Lipinski definition) is 2. The molecule has 0 bridgehead atoms. The Morgan fingerprint density at radius 1 is 1.19 bits per heavy atom. The minimum absolute atomic E-state index is 0.0572. The van der Waals surface area contributed by atoms with Gasteiger partial charge in [-0.25, -0.2) is 4.79 Å². The Kier molecular flexibility index (Phi) is 11.1. The fraction of sp³-hybridized carbons (Fsp3) is 0.679. The Hall–Kier alpha value is -2.22. The molecule has 0 aromatic heterocycles. The highest BCUT2D eigenvalue weighted by Crippen LogP contribution is 2.41. The number of hydrogen-bond acceptors (Lipinski definition) is 5. The van der Waals surface area contributed by atoms with Crippen molar-refractivity contribution in [2.75, 3.05) is 18.6 Å². The number of thioether (sulfide) groups is 1. The highest BCUT2D eigenvalue weighted by molar-refractivity contribution is 7.98. The molecule has 4 atom stereocenters. The molecule has 0 spiro atoms. The topological polar surface area (TPSA) is 87.7 Å². The van der Waals surface area contributed by atoms with E-state index in [4.69, 9.17) is 4.74 Å². The first-order valence-electron chi connectivity index (χ1n) is 13.0. The van der Waals surface area contributed by atoms with E-state index in [0.29, 0.717) is 18.7 Å². The monoisotopic (exact) mass is 519 g/mol. The van der Waals surface area contributed by atoms with Gasteiger partial charge in [-0.3, -0.25) is 9.59 Å². The Bertz CT molecular complexity index is 915. The van der Waals surface area contributed by atoms with Crippen LogP contribution in [0.3, 0.4) is 0 Å². The molecule has 0 aliphatic heterocycles. The van der Waals surface area contributed by atoms with Crippen LogP contribution in [-0.4, -0.2) is 59.0 Å². The molecule has 36 heavy (non-hydrogen) atoms. The van der Waals surface area contributed by atoms with Crippen molar-refractivity contribution in [1.29, 1.82) is 0 Å². The average molecular weight is 520 g/mol. The standard InChI is InChI=1S/C28H45N3O4S/c1-9-10-14-29-25(32)24(21-12-11-18(2)19(3)16-21)31(23-17-20(23)4)26(33)22(13-15-36-8)30-27(34)35-28(5,6)7/h11-12,16,20,22-24H,9-10,13-15,17H2,1-8H3,(H,29,32)(H,30,34). The summed E-state index contributed by atoms with van der Waals surface area (Å²) in [5.41, 5.74) is 2.32. The average Bonchev–Trinajstić information content (AvgIpc) is 3.51. The highest BCUT2D eigenvalue weighted by atomic mass is 32.2. The van der Waals surface area contributed by atoms with Gasteiger partial charge in [-0.2, -0.15) is 11.8 Å².